The third-order valence-electron chi connectivity index (χ3n) is 5.69. The highest BCUT2D eigenvalue weighted by Gasteiger charge is 2.30. The zero-order chi connectivity index (χ0) is 24.9. The molecule has 0 bridgehead atoms. The summed E-state index contributed by atoms with van der Waals surface area (Å²) in [6.45, 7) is 3.10. The highest BCUT2D eigenvalue weighted by Crippen LogP contribution is 2.21. The van der Waals surface area contributed by atoms with Crippen LogP contribution in [0.1, 0.15) is 37.3 Å². The minimum atomic E-state index is -0.577. The molecule has 0 spiro atoms. The monoisotopic (exact) mass is 552 g/mol. The van der Waals surface area contributed by atoms with Crippen LogP contribution in [0.5, 0.6) is 0 Å². The zero-order valence-electron chi connectivity index (χ0n) is 20.2. The van der Waals surface area contributed by atoms with Crippen molar-refractivity contribution in [3.63, 3.8) is 0 Å². The molecule has 0 unspecified atom stereocenters. The lowest BCUT2D eigenvalue weighted by Crippen LogP contribution is -2.50. The van der Waals surface area contributed by atoms with E-state index in [0.717, 1.165) is 33.3 Å². The second-order valence-corrected chi connectivity index (χ2v) is 10.5. The number of thioether (sulfide) groups is 1. The molecule has 1 atom stereocenters. The maximum Gasteiger partial charge on any atom is 0.243 e. The van der Waals surface area contributed by atoms with Crippen LogP contribution in [0.25, 0.3) is 0 Å². The molecule has 0 saturated heterocycles. The van der Waals surface area contributed by atoms with Crippen molar-refractivity contribution >= 4 is 39.5 Å². The SMILES string of the molecule is CCCCNC(=O)[C@H](Cc1ccccc1)N(Cc1ccc(Br)cc1)C(=O)CCSc1ccccc1. The smallest absolute Gasteiger partial charge is 0.243 e. The Morgan fingerprint density at radius 1 is 0.914 bits per heavy atom. The van der Waals surface area contributed by atoms with E-state index in [1.54, 1.807) is 16.7 Å². The first-order valence-corrected chi connectivity index (χ1v) is 13.9. The quantitative estimate of drug-likeness (QED) is 0.195. The Labute approximate surface area is 221 Å². The average Bonchev–Trinajstić information content (AvgIpc) is 2.88. The van der Waals surface area contributed by atoms with Crippen molar-refractivity contribution in [3.05, 3.63) is 101 Å². The number of hydrogen-bond donors (Lipinski definition) is 1. The summed E-state index contributed by atoms with van der Waals surface area (Å²) < 4.78 is 0.983. The van der Waals surface area contributed by atoms with E-state index in [0.29, 0.717) is 31.7 Å². The van der Waals surface area contributed by atoms with Gasteiger partial charge in [-0.3, -0.25) is 9.59 Å². The van der Waals surface area contributed by atoms with Crippen LogP contribution in [0.3, 0.4) is 0 Å². The van der Waals surface area contributed by atoms with E-state index in [2.05, 4.69) is 28.2 Å². The number of carbonyl (C=O) groups excluding carboxylic acids is 2. The lowest BCUT2D eigenvalue weighted by atomic mass is 10.0. The van der Waals surface area contributed by atoms with Gasteiger partial charge in [0.1, 0.15) is 6.04 Å². The van der Waals surface area contributed by atoms with E-state index in [9.17, 15) is 9.59 Å². The Morgan fingerprint density at radius 2 is 1.57 bits per heavy atom. The molecular formula is C29H33BrN2O2S. The van der Waals surface area contributed by atoms with Crippen molar-refractivity contribution in [2.75, 3.05) is 12.3 Å². The predicted molar refractivity (Wildman–Crippen MR) is 148 cm³/mol. The Balaban J connectivity index is 1.82. The molecule has 3 aromatic rings. The number of nitrogens with zero attached hydrogens (tertiary/aromatic N) is 1. The molecule has 35 heavy (non-hydrogen) atoms. The molecule has 3 rings (SSSR count). The lowest BCUT2D eigenvalue weighted by Gasteiger charge is -2.31. The maximum absolute atomic E-state index is 13.6. The van der Waals surface area contributed by atoms with Gasteiger partial charge in [-0.05, 0) is 41.8 Å². The van der Waals surface area contributed by atoms with E-state index in [-0.39, 0.29) is 11.8 Å². The molecule has 0 aliphatic rings. The second kappa shape index (κ2) is 14.7. The molecule has 2 amide bonds. The van der Waals surface area contributed by atoms with Crippen LogP contribution in [0.4, 0.5) is 0 Å². The predicted octanol–water partition coefficient (Wildman–Crippen LogP) is 6.49. The lowest BCUT2D eigenvalue weighted by molar-refractivity contribution is -0.141. The number of halogens is 1. The van der Waals surface area contributed by atoms with Crippen LogP contribution in [-0.2, 0) is 22.6 Å². The molecule has 0 aromatic heterocycles. The van der Waals surface area contributed by atoms with E-state index in [4.69, 9.17) is 0 Å². The topological polar surface area (TPSA) is 49.4 Å². The normalized spacial score (nSPS) is 11.6. The van der Waals surface area contributed by atoms with E-state index < -0.39 is 6.04 Å². The van der Waals surface area contributed by atoms with Gasteiger partial charge in [0, 0.05) is 41.1 Å². The Bertz CT molecular complexity index is 1050. The van der Waals surface area contributed by atoms with Crippen molar-refractivity contribution in [1.29, 1.82) is 0 Å². The van der Waals surface area contributed by atoms with Crippen LogP contribution in [0.2, 0.25) is 0 Å². The van der Waals surface area contributed by atoms with Crippen molar-refractivity contribution in [1.82, 2.24) is 10.2 Å². The molecule has 6 heteroatoms. The van der Waals surface area contributed by atoms with Crippen molar-refractivity contribution in [3.8, 4) is 0 Å². The van der Waals surface area contributed by atoms with Gasteiger partial charge in [-0.2, -0.15) is 0 Å². The van der Waals surface area contributed by atoms with Gasteiger partial charge in [0.25, 0.3) is 0 Å². The second-order valence-electron chi connectivity index (χ2n) is 8.41. The number of amides is 2. The van der Waals surface area contributed by atoms with E-state index >= 15 is 0 Å². The summed E-state index contributed by atoms with van der Waals surface area (Å²) in [5.74, 6) is 0.557. The Morgan fingerprint density at radius 3 is 2.23 bits per heavy atom. The summed E-state index contributed by atoms with van der Waals surface area (Å²) in [6, 6.07) is 27.4. The van der Waals surface area contributed by atoms with Gasteiger partial charge in [-0.1, -0.05) is 89.9 Å². The zero-order valence-corrected chi connectivity index (χ0v) is 22.6. The van der Waals surface area contributed by atoms with Gasteiger partial charge in [-0.25, -0.2) is 0 Å². The molecule has 184 valence electrons. The largest absolute Gasteiger partial charge is 0.354 e. The number of hydrogen-bond acceptors (Lipinski definition) is 3. The van der Waals surface area contributed by atoms with E-state index in [1.165, 1.54) is 0 Å². The van der Waals surface area contributed by atoms with Crippen LogP contribution in [-0.4, -0.2) is 35.1 Å². The van der Waals surface area contributed by atoms with Crippen molar-refractivity contribution < 1.29 is 9.59 Å². The molecule has 0 heterocycles. The fourth-order valence-corrected chi connectivity index (χ4v) is 4.89. The Hall–Kier alpha value is -2.57. The van der Waals surface area contributed by atoms with Gasteiger partial charge >= 0.3 is 0 Å². The average molecular weight is 554 g/mol. The summed E-state index contributed by atoms with van der Waals surface area (Å²) in [5.41, 5.74) is 2.03. The molecular weight excluding hydrogens is 520 g/mol. The highest BCUT2D eigenvalue weighted by molar-refractivity contribution is 9.10. The molecule has 0 saturated carbocycles. The van der Waals surface area contributed by atoms with Gasteiger partial charge in [0.2, 0.25) is 11.8 Å². The minimum absolute atomic E-state index is 0.0112. The number of rotatable bonds is 13. The molecule has 3 aromatic carbocycles. The molecule has 0 aliphatic heterocycles. The summed E-state index contributed by atoms with van der Waals surface area (Å²) in [6.07, 6.45) is 2.76. The van der Waals surface area contributed by atoms with Gasteiger partial charge in [0.05, 0.1) is 0 Å². The third-order valence-corrected chi connectivity index (χ3v) is 7.24. The standard InChI is InChI=1S/C29H33BrN2O2S/c1-2-3-19-31-29(34)27(21-23-10-6-4-7-11-23)32(22-24-14-16-25(30)17-15-24)28(33)18-20-35-26-12-8-5-9-13-26/h4-17,27H,2-3,18-22H2,1H3,(H,31,34)/t27-/m0/s1. The van der Waals surface area contributed by atoms with Gasteiger partial charge in [-0.15, -0.1) is 11.8 Å². The third kappa shape index (κ3) is 9.19. The van der Waals surface area contributed by atoms with Crippen molar-refractivity contribution in [2.45, 2.75) is 50.1 Å². The number of nitrogens with one attached hydrogen (secondary N) is 1. The fraction of sp³-hybridized carbons (Fsp3) is 0.310. The highest BCUT2D eigenvalue weighted by atomic mass is 79.9. The molecule has 0 radical (unpaired) electrons. The molecule has 0 aliphatic carbocycles. The first-order valence-electron chi connectivity index (χ1n) is 12.1. The van der Waals surface area contributed by atoms with Crippen LogP contribution in [0, 0.1) is 0 Å². The van der Waals surface area contributed by atoms with Gasteiger partial charge < -0.3 is 10.2 Å². The van der Waals surface area contributed by atoms with Crippen molar-refractivity contribution in [2.24, 2.45) is 0 Å². The summed E-state index contributed by atoms with van der Waals surface area (Å²) >= 11 is 5.14. The molecule has 4 nitrogen and oxygen atoms in total. The number of carbonyl (C=O) groups is 2. The van der Waals surface area contributed by atoms with Crippen LogP contribution in [0.15, 0.2) is 94.3 Å². The summed E-state index contributed by atoms with van der Waals surface area (Å²) in [7, 11) is 0. The Kier molecular flexibility index (Phi) is 11.4. The number of unbranched alkanes of at least 4 members (excludes halogenated alkanes) is 1. The summed E-state index contributed by atoms with van der Waals surface area (Å²) in [4.78, 5) is 29.9. The fourth-order valence-electron chi connectivity index (χ4n) is 3.76. The first kappa shape index (κ1) is 27.0. The van der Waals surface area contributed by atoms with Gasteiger partial charge in [0.15, 0.2) is 0 Å². The van der Waals surface area contributed by atoms with E-state index in [1.807, 2.05) is 84.9 Å². The maximum atomic E-state index is 13.6. The first-order chi connectivity index (χ1) is 17.1. The van der Waals surface area contributed by atoms with Crippen LogP contribution >= 0.6 is 27.7 Å². The number of benzene rings is 3. The molecule has 1 N–H and O–H groups in total. The van der Waals surface area contributed by atoms with Crippen LogP contribution < -0.4 is 5.32 Å². The summed E-state index contributed by atoms with van der Waals surface area (Å²) in [5, 5.41) is 3.07. The minimum Gasteiger partial charge on any atom is -0.354 e. The molecule has 0 fully saturated rings.